The highest BCUT2D eigenvalue weighted by molar-refractivity contribution is 5.34. The van der Waals surface area contributed by atoms with Crippen molar-refractivity contribution in [3.05, 3.63) is 35.1 Å². The number of benzene rings is 1. The molecule has 3 fully saturated rings. The van der Waals surface area contributed by atoms with Crippen molar-refractivity contribution in [1.29, 1.82) is 5.26 Å². The van der Waals surface area contributed by atoms with Crippen molar-refractivity contribution >= 4 is 0 Å². The summed E-state index contributed by atoms with van der Waals surface area (Å²) in [5, 5.41) is 8.90. The first-order chi connectivity index (χ1) is 12.7. The maximum atomic E-state index is 13.9. The van der Waals surface area contributed by atoms with Gasteiger partial charge >= 0.3 is 0 Å². The maximum Gasteiger partial charge on any atom is 0.141 e. The van der Waals surface area contributed by atoms with Crippen LogP contribution in [0.1, 0.15) is 94.1 Å². The Hall–Kier alpha value is -1.36. The van der Waals surface area contributed by atoms with E-state index in [0.29, 0.717) is 5.92 Å². The molecule has 1 aromatic rings. The van der Waals surface area contributed by atoms with E-state index >= 15 is 0 Å². The molecule has 0 unspecified atom stereocenters. The fourth-order valence-corrected chi connectivity index (χ4v) is 6.32. The second-order valence-corrected chi connectivity index (χ2v) is 9.18. The van der Waals surface area contributed by atoms with Gasteiger partial charge in [0.25, 0.3) is 0 Å². The monoisotopic (exact) mass is 353 g/mol. The zero-order chi connectivity index (χ0) is 17.9. The Morgan fingerprint density at radius 2 is 1.23 bits per heavy atom. The van der Waals surface area contributed by atoms with E-state index in [1.807, 2.05) is 12.1 Å². The molecule has 0 spiro atoms. The molecule has 4 rings (SSSR count). The lowest BCUT2D eigenvalue weighted by Crippen LogP contribution is -2.27. The summed E-state index contributed by atoms with van der Waals surface area (Å²) in [4.78, 5) is 0. The topological polar surface area (TPSA) is 23.8 Å². The van der Waals surface area contributed by atoms with Gasteiger partial charge in [-0.15, -0.1) is 0 Å². The van der Waals surface area contributed by atoms with Gasteiger partial charge < -0.3 is 0 Å². The van der Waals surface area contributed by atoms with Crippen LogP contribution in [-0.4, -0.2) is 0 Å². The second-order valence-electron chi connectivity index (χ2n) is 9.18. The highest BCUT2D eigenvalue weighted by Gasteiger charge is 2.34. The first-order valence-electron chi connectivity index (χ1n) is 10.9. The van der Waals surface area contributed by atoms with Crippen molar-refractivity contribution in [2.45, 2.75) is 83.0 Å². The largest absolute Gasteiger partial charge is 0.206 e. The quantitative estimate of drug-likeness (QED) is 0.575. The van der Waals surface area contributed by atoms with Gasteiger partial charge in [0.1, 0.15) is 11.9 Å². The normalized spacial score (nSPS) is 33.1. The molecular formula is C24H32FN. The zero-order valence-corrected chi connectivity index (χ0v) is 15.9. The number of nitrogens with zero attached hydrogens (tertiary/aromatic N) is 1. The number of halogens is 1. The lowest BCUT2D eigenvalue weighted by atomic mass is 9.66. The number of rotatable bonds is 3. The molecule has 0 heterocycles. The molecule has 140 valence electrons. The molecule has 0 aromatic heterocycles. The maximum absolute atomic E-state index is 13.9. The van der Waals surface area contributed by atoms with Crippen LogP contribution >= 0.6 is 0 Å². The molecule has 0 bridgehead atoms. The minimum atomic E-state index is -0.350. The van der Waals surface area contributed by atoms with E-state index in [1.165, 1.54) is 77.0 Å². The van der Waals surface area contributed by atoms with Gasteiger partial charge in [-0.2, -0.15) is 5.26 Å². The molecule has 2 heteroatoms. The van der Waals surface area contributed by atoms with Gasteiger partial charge in [-0.05, 0) is 98.7 Å². The lowest BCUT2D eigenvalue weighted by Gasteiger charge is -2.39. The number of nitriles is 1. The molecule has 0 radical (unpaired) electrons. The van der Waals surface area contributed by atoms with Gasteiger partial charge in [0.05, 0.1) is 5.56 Å². The fourth-order valence-electron chi connectivity index (χ4n) is 6.32. The van der Waals surface area contributed by atoms with Crippen LogP contribution in [0.3, 0.4) is 0 Å². The van der Waals surface area contributed by atoms with Crippen molar-refractivity contribution in [3.8, 4) is 6.07 Å². The Balaban J connectivity index is 1.27. The van der Waals surface area contributed by atoms with E-state index in [9.17, 15) is 4.39 Å². The van der Waals surface area contributed by atoms with Crippen LogP contribution in [0.4, 0.5) is 4.39 Å². The van der Waals surface area contributed by atoms with Crippen LogP contribution in [0.5, 0.6) is 0 Å². The SMILES string of the molecule is N#Cc1ccc(C2CCC(C3CCC(C4CCCC4)CC3)CC2)cc1F. The summed E-state index contributed by atoms with van der Waals surface area (Å²) in [6.45, 7) is 0. The Kier molecular flexibility index (Phi) is 5.63. The highest BCUT2D eigenvalue weighted by Crippen LogP contribution is 2.47. The van der Waals surface area contributed by atoms with Crippen LogP contribution in [0.15, 0.2) is 18.2 Å². The van der Waals surface area contributed by atoms with Crippen LogP contribution in [0.2, 0.25) is 0 Å². The third kappa shape index (κ3) is 3.83. The van der Waals surface area contributed by atoms with Crippen molar-refractivity contribution in [1.82, 2.24) is 0 Å². The van der Waals surface area contributed by atoms with Gasteiger partial charge in [-0.25, -0.2) is 4.39 Å². The van der Waals surface area contributed by atoms with E-state index < -0.39 is 0 Å². The fraction of sp³-hybridized carbons (Fsp3) is 0.708. The minimum Gasteiger partial charge on any atom is -0.206 e. The molecule has 1 nitrogen and oxygen atoms in total. The predicted molar refractivity (Wildman–Crippen MR) is 103 cm³/mol. The minimum absolute atomic E-state index is 0.168. The molecule has 3 saturated carbocycles. The second kappa shape index (κ2) is 8.12. The van der Waals surface area contributed by atoms with Crippen LogP contribution in [0.25, 0.3) is 0 Å². The summed E-state index contributed by atoms with van der Waals surface area (Å²) < 4.78 is 13.9. The highest BCUT2D eigenvalue weighted by atomic mass is 19.1. The molecule has 3 aliphatic carbocycles. The molecule has 1 aromatic carbocycles. The molecule has 0 N–H and O–H groups in total. The average Bonchev–Trinajstić information content (AvgIpc) is 3.23. The first kappa shape index (κ1) is 18.0. The Morgan fingerprint density at radius 3 is 1.73 bits per heavy atom. The molecule has 0 saturated heterocycles. The van der Waals surface area contributed by atoms with E-state index in [1.54, 1.807) is 12.1 Å². The summed E-state index contributed by atoms with van der Waals surface area (Å²) in [5.41, 5.74) is 1.27. The van der Waals surface area contributed by atoms with Crippen molar-refractivity contribution in [2.75, 3.05) is 0 Å². The Bertz CT molecular complexity index is 639. The third-order valence-corrected chi connectivity index (χ3v) is 7.91. The van der Waals surface area contributed by atoms with Crippen LogP contribution < -0.4 is 0 Å². The Labute approximate surface area is 158 Å². The standard InChI is InChI=1S/C24H32FN/c25-24-15-22(13-14-23(24)16-26)21-11-9-20(10-12-21)19-7-5-18(6-8-19)17-3-1-2-4-17/h13-15,17-21H,1-12H2. The summed E-state index contributed by atoms with van der Waals surface area (Å²) in [7, 11) is 0. The third-order valence-electron chi connectivity index (χ3n) is 7.91. The summed E-state index contributed by atoms with van der Waals surface area (Å²) in [6, 6.07) is 7.16. The van der Waals surface area contributed by atoms with Crippen LogP contribution in [-0.2, 0) is 0 Å². The van der Waals surface area contributed by atoms with Gasteiger partial charge in [-0.3, -0.25) is 0 Å². The van der Waals surface area contributed by atoms with Crippen molar-refractivity contribution < 1.29 is 4.39 Å². The molecule has 0 amide bonds. The molecule has 26 heavy (non-hydrogen) atoms. The number of hydrogen-bond donors (Lipinski definition) is 0. The predicted octanol–water partition coefficient (Wildman–Crippen LogP) is 6.97. The molecule has 0 atom stereocenters. The zero-order valence-electron chi connectivity index (χ0n) is 15.9. The van der Waals surface area contributed by atoms with Crippen molar-refractivity contribution in [2.24, 2.45) is 23.7 Å². The van der Waals surface area contributed by atoms with Crippen LogP contribution in [0, 0.1) is 40.8 Å². The van der Waals surface area contributed by atoms with Gasteiger partial charge in [0.2, 0.25) is 0 Å². The van der Waals surface area contributed by atoms with Gasteiger partial charge in [0.15, 0.2) is 0 Å². The summed E-state index contributed by atoms with van der Waals surface area (Å²) in [5.74, 6) is 4.08. The smallest absolute Gasteiger partial charge is 0.141 e. The van der Waals surface area contributed by atoms with Gasteiger partial charge in [-0.1, -0.05) is 31.7 Å². The Morgan fingerprint density at radius 1 is 0.731 bits per heavy atom. The average molecular weight is 354 g/mol. The summed E-state index contributed by atoms with van der Waals surface area (Å²) >= 11 is 0. The number of hydrogen-bond acceptors (Lipinski definition) is 1. The summed E-state index contributed by atoms with van der Waals surface area (Å²) in [6.07, 6.45) is 16.8. The van der Waals surface area contributed by atoms with Gasteiger partial charge in [0, 0.05) is 0 Å². The molecule has 3 aliphatic rings. The molecule has 0 aliphatic heterocycles. The lowest BCUT2D eigenvalue weighted by molar-refractivity contribution is 0.135. The van der Waals surface area contributed by atoms with E-state index in [2.05, 4.69) is 0 Å². The van der Waals surface area contributed by atoms with E-state index in [4.69, 9.17) is 5.26 Å². The first-order valence-corrected chi connectivity index (χ1v) is 10.9. The van der Waals surface area contributed by atoms with E-state index in [0.717, 1.165) is 29.2 Å². The molecular weight excluding hydrogens is 321 g/mol. The van der Waals surface area contributed by atoms with E-state index in [-0.39, 0.29) is 11.4 Å². The van der Waals surface area contributed by atoms with Crippen molar-refractivity contribution in [3.63, 3.8) is 0 Å².